The molecule has 0 saturated carbocycles. The number of amides is 2. The first-order valence-electron chi connectivity index (χ1n) is 8.25. The molecular formula is C19H19Cl2N3O3S. The van der Waals surface area contributed by atoms with Gasteiger partial charge in [-0.2, -0.15) is 0 Å². The largest absolute Gasteiger partial charge is 0.479 e. The number of carbonyl (C=O) groups excluding carboxylic acids is 2. The summed E-state index contributed by atoms with van der Waals surface area (Å²) in [5, 5.41) is 6.36. The number of ether oxygens (including phenoxy) is 1. The molecular weight excluding hydrogens is 421 g/mol. The minimum atomic E-state index is -0.829. The van der Waals surface area contributed by atoms with Gasteiger partial charge in [0.25, 0.3) is 5.91 Å². The zero-order chi connectivity index (χ0) is 20.8. The van der Waals surface area contributed by atoms with Gasteiger partial charge in [0.2, 0.25) is 5.91 Å². The summed E-state index contributed by atoms with van der Waals surface area (Å²) in [5.74, 6) is -0.160. The van der Waals surface area contributed by atoms with Crippen molar-refractivity contribution in [2.45, 2.75) is 20.0 Å². The van der Waals surface area contributed by atoms with Crippen LogP contribution in [0, 0.1) is 0 Å². The zero-order valence-corrected chi connectivity index (χ0v) is 17.8. The molecule has 2 aromatic rings. The van der Waals surface area contributed by atoms with E-state index in [0.29, 0.717) is 21.5 Å². The van der Waals surface area contributed by atoms with Gasteiger partial charge >= 0.3 is 0 Å². The van der Waals surface area contributed by atoms with Crippen LogP contribution < -0.4 is 20.3 Å². The topological polar surface area (TPSA) is 70.7 Å². The molecule has 9 heteroatoms. The number of anilines is 2. The number of halogens is 2. The summed E-state index contributed by atoms with van der Waals surface area (Å²) in [6, 6.07) is 11.8. The van der Waals surface area contributed by atoms with Gasteiger partial charge in [-0.15, -0.1) is 0 Å². The maximum atomic E-state index is 12.3. The van der Waals surface area contributed by atoms with Crippen LogP contribution in [0.2, 0.25) is 10.0 Å². The predicted octanol–water partition coefficient (Wildman–Crippen LogP) is 4.26. The van der Waals surface area contributed by atoms with E-state index in [1.54, 1.807) is 50.4 Å². The number of nitrogens with one attached hydrogen (secondary N) is 2. The van der Waals surface area contributed by atoms with Crippen LogP contribution in [-0.4, -0.2) is 30.1 Å². The first-order valence-corrected chi connectivity index (χ1v) is 9.41. The first-order chi connectivity index (χ1) is 13.2. The van der Waals surface area contributed by atoms with Crippen molar-refractivity contribution in [2.75, 3.05) is 17.3 Å². The van der Waals surface area contributed by atoms with Crippen LogP contribution in [0.15, 0.2) is 42.5 Å². The van der Waals surface area contributed by atoms with Gasteiger partial charge in [-0.3, -0.25) is 14.9 Å². The maximum Gasteiger partial charge on any atom is 0.266 e. The monoisotopic (exact) mass is 439 g/mol. The number of nitrogens with zero attached hydrogens (tertiary/aromatic N) is 1. The average Bonchev–Trinajstić information content (AvgIpc) is 2.63. The number of rotatable bonds is 5. The molecule has 148 valence electrons. The number of hydrogen-bond donors (Lipinski definition) is 2. The standard InChI is InChI=1S/C19H19Cl2N3O3S/c1-11(27-17-9-4-13(20)10-16(17)21)18(26)23-19(28)22-14-5-7-15(8-6-14)24(3)12(2)25/h4-11H,1-3H3,(H2,22,23,26,28). The van der Waals surface area contributed by atoms with Crippen molar-refractivity contribution in [1.82, 2.24) is 5.32 Å². The zero-order valence-electron chi connectivity index (χ0n) is 15.5. The van der Waals surface area contributed by atoms with Crippen LogP contribution in [0.1, 0.15) is 13.8 Å². The molecule has 2 amide bonds. The van der Waals surface area contributed by atoms with E-state index >= 15 is 0 Å². The van der Waals surface area contributed by atoms with Gasteiger partial charge < -0.3 is 15.0 Å². The van der Waals surface area contributed by atoms with E-state index in [0.717, 1.165) is 5.69 Å². The molecule has 28 heavy (non-hydrogen) atoms. The summed E-state index contributed by atoms with van der Waals surface area (Å²) >= 11 is 17.0. The van der Waals surface area contributed by atoms with Crippen molar-refractivity contribution in [1.29, 1.82) is 0 Å². The smallest absolute Gasteiger partial charge is 0.266 e. The fourth-order valence-corrected chi connectivity index (χ4v) is 2.81. The van der Waals surface area contributed by atoms with Crippen molar-refractivity contribution in [2.24, 2.45) is 0 Å². The second-order valence-electron chi connectivity index (χ2n) is 5.90. The SMILES string of the molecule is CC(=O)N(C)c1ccc(NC(=S)NC(=O)C(C)Oc2ccc(Cl)cc2Cl)cc1. The van der Waals surface area contributed by atoms with E-state index in [-0.39, 0.29) is 11.0 Å². The van der Waals surface area contributed by atoms with Gasteiger partial charge in [-0.1, -0.05) is 23.2 Å². The number of carbonyl (C=O) groups is 2. The molecule has 0 heterocycles. The second kappa shape index (κ2) is 9.73. The van der Waals surface area contributed by atoms with Gasteiger partial charge in [-0.25, -0.2) is 0 Å². The highest BCUT2D eigenvalue weighted by atomic mass is 35.5. The molecule has 0 spiro atoms. The lowest BCUT2D eigenvalue weighted by Crippen LogP contribution is -2.42. The summed E-state index contributed by atoms with van der Waals surface area (Å²) in [6.45, 7) is 3.06. The highest BCUT2D eigenvalue weighted by Crippen LogP contribution is 2.28. The number of benzene rings is 2. The van der Waals surface area contributed by atoms with Crippen LogP contribution in [0.3, 0.4) is 0 Å². The van der Waals surface area contributed by atoms with Crippen LogP contribution in [0.5, 0.6) is 5.75 Å². The van der Waals surface area contributed by atoms with Crippen molar-refractivity contribution < 1.29 is 14.3 Å². The van der Waals surface area contributed by atoms with Gasteiger partial charge in [0.05, 0.1) is 5.02 Å². The van der Waals surface area contributed by atoms with E-state index in [2.05, 4.69) is 10.6 Å². The number of thiocarbonyl (C=S) groups is 1. The van der Waals surface area contributed by atoms with E-state index in [1.165, 1.54) is 17.9 Å². The quantitative estimate of drug-likeness (QED) is 0.681. The molecule has 2 N–H and O–H groups in total. The van der Waals surface area contributed by atoms with Crippen molar-refractivity contribution in [3.8, 4) is 5.75 Å². The molecule has 6 nitrogen and oxygen atoms in total. The van der Waals surface area contributed by atoms with Gasteiger partial charge in [0.1, 0.15) is 5.75 Å². The lowest BCUT2D eigenvalue weighted by molar-refractivity contribution is -0.125. The Morgan fingerprint density at radius 1 is 1.14 bits per heavy atom. The van der Waals surface area contributed by atoms with Gasteiger partial charge in [0.15, 0.2) is 11.2 Å². The highest BCUT2D eigenvalue weighted by Gasteiger charge is 2.17. The Kier molecular flexibility index (Phi) is 7.62. The van der Waals surface area contributed by atoms with Gasteiger partial charge in [0, 0.05) is 30.4 Å². The van der Waals surface area contributed by atoms with Gasteiger partial charge in [-0.05, 0) is 61.6 Å². The van der Waals surface area contributed by atoms with E-state index in [9.17, 15) is 9.59 Å². The average molecular weight is 440 g/mol. The molecule has 0 bridgehead atoms. The second-order valence-corrected chi connectivity index (χ2v) is 7.15. The Balaban J connectivity index is 1.91. The molecule has 2 rings (SSSR count). The molecule has 0 aromatic heterocycles. The summed E-state index contributed by atoms with van der Waals surface area (Å²) in [6.07, 6.45) is -0.829. The Labute approximate surface area is 178 Å². The van der Waals surface area contributed by atoms with E-state index in [1.807, 2.05) is 0 Å². The Morgan fingerprint density at radius 3 is 2.36 bits per heavy atom. The normalized spacial score (nSPS) is 11.3. The minimum absolute atomic E-state index is 0.0710. The third kappa shape index (κ3) is 6.09. The summed E-state index contributed by atoms with van der Waals surface area (Å²) in [7, 11) is 1.68. The van der Waals surface area contributed by atoms with Crippen LogP contribution in [0.4, 0.5) is 11.4 Å². The summed E-state index contributed by atoms with van der Waals surface area (Å²) in [4.78, 5) is 25.2. The molecule has 1 atom stereocenters. The Morgan fingerprint density at radius 2 is 1.79 bits per heavy atom. The van der Waals surface area contributed by atoms with Crippen molar-refractivity contribution in [3.63, 3.8) is 0 Å². The lowest BCUT2D eigenvalue weighted by atomic mass is 10.2. The molecule has 2 aromatic carbocycles. The highest BCUT2D eigenvalue weighted by molar-refractivity contribution is 7.80. The van der Waals surface area contributed by atoms with Crippen LogP contribution in [0.25, 0.3) is 0 Å². The third-order valence-electron chi connectivity index (χ3n) is 3.79. The van der Waals surface area contributed by atoms with Crippen LogP contribution in [-0.2, 0) is 9.59 Å². The Bertz CT molecular complexity index is 890. The first kappa shape index (κ1) is 21.9. The molecule has 0 aliphatic rings. The lowest BCUT2D eigenvalue weighted by Gasteiger charge is -2.17. The van der Waals surface area contributed by atoms with Crippen molar-refractivity contribution in [3.05, 3.63) is 52.5 Å². The molecule has 0 aliphatic heterocycles. The molecule has 1 unspecified atom stereocenters. The van der Waals surface area contributed by atoms with E-state index in [4.69, 9.17) is 40.2 Å². The number of hydrogen-bond acceptors (Lipinski definition) is 4. The summed E-state index contributed by atoms with van der Waals surface area (Å²) < 4.78 is 5.55. The predicted molar refractivity (Wildman–Crippen MR) is 116 cm³/mol. The fourth-order valence-electron chi connectivity index (χ4n) is 2.14. The van der Waals surface area contributed by atoms with Crippen molar-refractivity contribution >= 4 is 63.7 Å². The third-order valence-corrected chi connectivity index (χ3v) is 4.52. The maximum absolute atomic E-state index is 12.3. The summed E-state index contributed by atoms with van der Waals surface area (Å²) in [5.41, 5.74) is 1.41. The molecule has 0 fully saturated rings. The fraction of sp³-hybridized carbons (Fsp3) is 0.211. The van der Waals surface area contributed by atoms with Crippen LogP contribution >= 0.6 is 35.4 Å². The molecule has 0 saturated heterocycles. The molecule has 0 aliphatic carbocycles. The Hall–Kier alpha value is -2.35. The van der Waals surface area contributed by atoms with E-state index < -0.39 is 12.0 Å². The molecule has 0 radical (unpaired) electrons. The minimum Gasteiger partial charge on any atom is -0.479 e.